The molecular weight excluding hydrogens is 376 g/mol. The number of non-ortho nitro benzene ring substituents is 1. The molecule has 0 unspecified atom stereocenters. The Morgan fingerprint density at radius 1 is 1.14 bits per heavy atom. The Bertz CT molecular complexity index is 841. The Morgan fingerprint density at radius 3 is 2.54 bits per heavy atom. The smallest absolute Gasteiger partial charge is 0.270 e. The van der Waals surface area contributed by atoms with Gasteiger partial charge in [-0.25, -0.2) is 0 Å². The lowest BCUT2D eigenvalue weighted by atomic mass is 10.1. The van der Waals surface area contributed by atoms with Crippen molar-refractivity contribution < 1.29 is 14.6 Å². The Kier molecular flexibility index (Phi) is 5.59. The molecule has 0 radical (unpaired) electrons. The Labute approximate surface area is 168 Å². The van der Waals surface area contributed by atoms with Gasteiger partial charge in [-0.15, -0.1) is 11.3 Å². The number of nitro benzene ring substituents is 1. The van der Waals surface area contributed by atoms with E-state index in [1.807, 2.05) is 4.90 Å². The van der Waals surface area contributed by atoms with Crippen molar-refractivity contribution in [2.24, 2.45) is 0 Å². The Morgan fingerprint density at radius 2 is 1.89 bits per heavy atom. The largest absolute Gasteiger partial charge is 0.371 e. The second-order valence-electron chi connectivity index (χ2n) is 7.45. The predicted octanol–water partition coefficient (Wildman–Crippen LogP) is 1.80. The number of hydrogen-bond acceptors (Lipinski definition) is 5. The lowest BCUT2D eigenvalue weighted by Crippen LogP contribution is -3.13. The van der Waals surface area contributed by atoms with Crippen molar-refractivity contribution in [2.75, 3.05) is 44.2 Å². The van der Waals surface area contributed by atoms with Crippen molar-refractivity contribution in [1.29, 1.82) is 0 Å². The van der Waals surface area contributed by atoms with Crippen LogP contribution in [0.15, 0.2) is 35.7 Å². The van der Waals surface area contributed by atoms with Crippen molar-refractivity contribution in [1.82, 2.24) is 4.90 Å². The molecule has 1 N–H and O–H groups in total. The van der Waals surface area contributed by atoms with Gasteiger partial charge in [-0.1, -0.05) is 6.07 Å². The topological polar surface area (TPSA) is 71.1 Å². The molecule has 2 fully saturated rings. The summed E-state index contributed by atoms with van der Waals surface area (Å²) in [6, 6.07) is 8.94. The summed E-state index contributed by atoms with van der Waals surface area (Å²) in [6.45, 7) is 5.96. The number of nitrogens with one attached hydrogen (secondary N) is 1. The van der Waals surface area contributed by atoms with E-state index < -0.39 is 4.92 Å². The van der Waals surface area contributed by atoms with E-state index in [-0.39, 0.29) is 11.6 Å². The number of quaternary nitrogens is 1. The fraction of sp³-hybridized carbons (Fsp3) is 0.450. The van der Waals surface area contributed by atoms with Gasteiger partial charge in [-0.3, -0.25) is 14.9 Å². The van der Waals surface area contributed by atoms with Crippen LogP contribution >= 0.6 is 11.3 Å². The molecule has 2 saturated heterocycles. The molecule has 8 heteroatoms. The van der Waals surface area contributed by atoms with Crippen molar-refractivity contribution in [3.05, 3.63) is 56.3 Å². The minimum absolute atomic E-state index is 0.0201. The second kappa shape index (κ2) is 8.28. The molecule has 7 nitrogen and oxygen atoms in total. The van der Waals surface area contributed by atoms with Crippen LogP contribution in [0.2, 0.25) is 0 Å². The van der Waals surface area contributed by atoms with Gasteiger partial charge in [0.25, 0.3) is 11.6 Å². The lowest BCUT2D eigenvalue weighted by Gasteiger charge is -2.33. The van der Waals surface area contributed by atoms with Crippen molar-refractivity contribution in [2.45, 2.75) is 19.4 Å². The highest BCUT2D eigenvalue weighted by Crippen LogP contribution is 2.29. The van der Waals surface area contributed by atoms with E-state index in [2.05, 4.69) is 22.4 Å². The van der Waals surface area contributed by atoms with Crippen LogP contribution < -0.4 is 9.80 Å². The van der Waals surface area contributed by atoms with Crippen molar-refractivity contribution >= 4 is 28.6 Å². The maximum atomic E-state index is 13.2. The number of nitrogens with zero attached hydrogens (tertiary/aromatic N) is 3. The molecule has 28 heavy (non-hydrogen) atoms. The zero-order chi connectivity index (χ0) is 19.5. The van der Waals surface area contributed by atoms with E-state index in [1.54, 1.807) is 17.4 Å². The zero-order valence-electron chi connectivity index (χ0n) is 15.8. The summed E-state index contributed by atoms with van der Waals surface area (Å²) in [6.07, 6.45) is 2.19. The van der Waals surface area contributed by atoms with Crippen LogP contribution in [0.4, 0.5) is 11.4 Å². The molecule has 2 aromatic rings. The zero-order valence-corrected chi connectivity index (χ0v) is 16.6. The van der Waals surface area contributed by atoms with Gasteiger partial charge in [0.2, 0.25) is 0 Å². The molecule has 2 aliphatic heterocycles. The van der Waals surface area contributed by atoms with Gasteiger partial charge < -0.3 is 14.7 Å². The molecular formula is C20H25N4O3S+. The second-order valence-corrected chi connectivity index (χ2v) is 8.48. The molecule has 1 amide bonds. The predicted molar refractivity (Wildman–Crippen MR) is 109 cm³/mol. The van der Waals surface area contributed by atoms with Crippen molar-refractivity contribution in [3.8, 4) is 0 Å². The molecule has 0 aliphatic carbocycles. The molecule has 148 valence electrons. The first-order chi connectivity index (χ1) is 13.6. The minimum Gasteiger partial charge on any atom is -0.371 e. The first kappa shape index (κ1) is 18.9. The van der Waals surface area contributed by atoms with Crippen LogP contribution in [0, 0.1) is 10.1 Å². The highest BCUT2D eigenvalue weighted by molar-refractivity contribution is 7.09. The summed E-state index contributed by atoms with van der Waals surface area (Å²) in [7, 11) is 0. The van der Waals surface area contributed by atoms with Crippen LogP contribution in [0.1, 0.15) is 28.1 Å². The minimum atomic E-state index is -0.423. The van der Waals surface area contributed by atoms with E-state index in [1.165, 1.54) is 21.9 Å². The van der Waals surface area contributed by atoms with E-state index >= 15 is 0 Å². The number of nitro groups is 1. The summed E-state index contributed by atoms with van der Waals surface area (Å²) < 4.78 is 0. The lowest BCUT2D eigenvalue weighted by molar-refractivity contribution is -0.917. The van der Waals surface area contributed by atoms with Gasteiger partial charge in [0.05, 0.1) is 47.2 Å². The third-order valence-electron chi connectivity index (χ3n) is 5.63. The normalized spacial score (nSPS) is 17.9. The molecule has 1 aromatic heterocycles. The van der Waals surface area contributed by atoms with Gasteiger partial charge in [0.1, 0.15) is 6.54 Å². The highest BCUT2D eigenvalue weighted by Gasteiger charge is 2.29. The summed E-state index contributed by atoms with van der Waals surface area (Å²) in [5, 5.41) is 13.3. The number of rotatable bonds is 5. The SMILES string of the molecule is O=C(c1cc([N+](=O)[O-])ccc1N1CCCC1)N1CC[NH+](Cc2cccs2)CC1. The van der Waals surface area contributed by atoms with Crippen LogP contribution in [0.5, 0.6) is 0 Å². The molecule has 4 rings (SSSR count). The van der Waals surface area contributed by atoms with Gasteiger partial charge >= 0.3 is 0 Å². The average molecular weight is 402 g/mol. The highest BCUT2D eigenvalue weighted by atomic mass is 32.1. The summed E-state index contributed by atoms with van der Waals surface area (Å²) in [5.41, 5.74) is 1.28. The van der Waals surface area contributed by atoms with Gasteiger partial charge in [-0.05, 0) is 30.4 Å². The first-order valence-electron chi connectivity index (χ1n) is 9.80. The third kappa shape index (κ3) is 4.02. The average Bonchev–Trinajstić information content (AvgIpc) is 3.42. The number of amides is 1. The van der Waals surface area contributed by atoms with Crippen molar-refractivity contribution in [3.63, 3.8) is 0 Å². The number of carbonyl (C=O) groups is 1. The first-order valence-corrected chi connectivity index (χ1v) is 10.7. The number of benzene rings is 1. The van der Waals surface area contributed by atoms with E-state index in [0.717, 1.165) is 51.3 Å². The summed E-state index contributed by atoms with van der Waals surface area (Å²) >= 11 is 1.77. The van der Waals surface area contributed by atoms with Gasteiger partial charge in [0.15, 0.2) is 0 Å². The molecule has 0 saturated carbocycles. The Balaban J connectivity index is 1.49. The van der Waals surface area contributed by atoms with Crippen LogP contribution in [-0.4, -0.2) is 55.0 Å². The maximum absolute atomic E-state index is 13.2. The fourth-order valence-electron chi connectivity index (χ4n) is 4.08. The standard InChI is InChI=1S/C20H24N4O3S/c25-20(23-11-9-21(10-12-23)15-17-4-3-13-28-17)18-14-16(24(26)27)5-6-19(18)22-7-1-2-8-22/h3-6,13-14H,1-2,7-12,15H2/p+1. The molecule has 0 atom stereocenters. The van der Waals surface area contributed by atoms with Crippen LogP contribution in [0.25, 0.3) is 0 Å². The summed E-state index contributed by atoms with van der Waals surface area (Å²) in [5.74, 6) is -0.0826. The van der Waals surface area contributed by atoms with Gasteiger partial charge in [-0.2, -0.15) is 0 Å². The summed E-state index contributed by atoms with van der Waals surface area (Å²) in [4.78, 5) is 30.9. The molecule has 3 heterocycles. The van der Waals surface area contributed by atoms with Gasteiger partial charge in [0, 0.05) is 25.2 Å². The molecule has 0 bridgehead atoms. The molecule has 0 spiro atoms. The molecule has 2 aliphatic rings. The number of hydrogen-bond donors (Lipinski definition) is 1. The quantitative estimate of drug-likeness (QED) is 0.613. The van der Waals surface area contributed by atoms with Crippen LogP contribution in [0.3, 0.4) is 0 Å². The van der Waals surface area contributed by atoms with E-state index in [0.29, 0.717) is 18.7 Å². The monoisotopic (exact) mass is 401 g/mol. The number of thiophene rings is 1. The Hall–Kier alpha value is -2.45. The third-order valence-corrected chi connectivity index (χ3v) is 6.51. The molecule has 1 aromatic carbocycles. The maximum Gasteiger partial charge on any atom is 0.270 e. The number of carbonyl (C=O) groups excluding carboxylic acids is 1. The fourth-order valence-corrected chi connectivity index (χ4v) is 4.85. The number of anilines is 1. The number of piperazine rings is 1. The van der Waals surface area contributed by atoms with E-state index in [4.69, 9.17) is 0 Å². The van der Waals surface area contributed by atoms with Crippen LogP contribution in [-0.2, 0) is 6.54 Å². The van der Waals surface area contributed by atoms with E-state index in [9.17, 15) is 14.9 Å².